The topological polar surface area (TPSA) is 53.4 Å². The highest BCUT2D eigenvalue weighted by atomic mass is 35.5. The van der Waals surface area contributed by atoms with Crippen LogP contribution in [0.1, 0.15) is 11.7 Å². The highest BCUT2D eigenvalue weighted by molar-refractivity contribution is 6.30. The molecule has 0 amide bonds. The lowest BCUT2D eigenvalue weighted by atomic mass is 10.1. The first-order chi connectivity index (χ1) is 6.56. The quantitative estimate of drug-likeness (QED) is 0.621. The van der Waals surface area contributed by atoms with Crippen molar-refractivity contribution in [3.05, 3.63) is 28.8 Å². The Balaban J connectivity index is 2.91. The molecular weight excluding hydrogens is 232 g/mol. The standard InChI is InChI=1S/C8H8Cl2FNO2/c9-2-6(13)7(14)4-1-5(10)8(11)12-3-4/h1,3,6-7,13-14H,2H2. The second-order valence-electron chi connectivity index (χ2n) is 2.71. The van der Waals surface area contributed by atoms with Gasteiger partial charge < -0.3 is 10.2 Å². The summed E-state index contributed by atoms with van der Waals surface area (Å²) in [5.41, 5.74) is 0.226. The van der Waals surface area contributed by atoms with Crippen LogP contribution < -0.4 is 0 Å². The fourth-order valence-electron chi connectivity index (χ4n) is 0.904. The molecule has 2 N–H and O–H groups in total. The van der Waals surface area contributed by atoms with E-state index in [1.54, 1.807) is 0 Å². The normalized spacial score (nSPS) is 15.2. The van der Waals surface area contributed by atoms with Crippen molar-refractivity contribution in [3.63, 3.8) is 0 Å². The van der Waals surface area contributed by atoms with Crippen molar-refractivity contribution in [1.82, 2.24) is 4.98 Å². The zero-order valence-electron chi connectivity index (χ0n) is 6.99. The molecule has 1 aromatic rings. The Bertz CT molecular complexity index is 324. The summed E-state index contributed by atoms with van der Waals surface area (Å²) in [6.07, 6.45) is -1.24. The molecule has 78 valence electrons. The molecule has 0 fully saturated rings. The summed E-state index contributed by atoms with van der Waals surface area (Å²) < 4.78 is 12.6. The number of aromatic nitrogens is 1. The molecule has 2 unspecified atom stereocenters. The van der Waals surface area contributed by atoms with Crippen LogP contribution >= 0.6 is 23.2 Å². The highest BCUT2D eigenvalue weighted by Crippen LogP contribution is 2.21. The van der Waals surface area contributed by atoms with Crippen molar-refractivity contribution in [2.24, 2.45) is 0 Å². The number of hydrogen-bond acceptors (Lipinski definition) is 3. The maximum atomic E-state index is 12.6. The molecule has 1 heterocycles. The van der Waals surface area contributed by atoms with Gasteiger partial charge in [0.25, 0.3) is 0 Å². The zero-order valence-corrected chi connectivity index (χ0v) is 8.50. The van der Waals surface area contributed by atoms with Gasteiger partial charge in [-0.25, -0.2) is 4.98 Å². The van der Waals surface area contributed by atoms with E-state index in [0.29, 0.717) is 0 Å². The maximum Gasteiger partial charge on any atom is 0.231 e. The molecule has 0 aliphatic rings. The molecule has 1 aromatic heterocycles. The monoisotopic (exact) mass is 239 g/mol. The van der Waals surface area contributed by atoms with E-state index in [0.717, 1.165) is 6.20 Å². The molecule has 14 heavy (non-hydrogen) atoms. The van der Waals surface area contributed by atoms with Crippen molar-refractivity contribution >= 4 is 23.2 Å². The summed E-state index contributed by atoms with van der Waals surface area (Å²) in [6, 6.07) is 1.20. The van der Waals surface area contributed by atoms with Crippen LogP contribution in [0.2, 0.25) is 5.02 Å². The van der Waals surface area contributed by atoms with E-state index in [2.05, 4.69) is 4.98 Å². The molecule has 0 radical (unpaired) electrons. The van der Waals surface area contributed by atoms with Gasteiger partial charge >= 0.3 is 0 Å². The molecule has 0 bridgehead atoms. The van der Waals surface area contributed by atoms with Crippen molar-refractivity contribution in [2.45, 2.75) is 12.2 Å². The first-order valence-corrected chi connectivity index (χ1v) is 4.70. The van der Waals surface area contributed by atoms with E-state index in [4.69, 9.17) is 23.2 Å². The van der Waals surface area contributed by atoms with Crippen LogP contribution in [0.5, 0.6) is 0 Å². The molecule has 2 atom stereocenters. The van der Waals surface area contributed by atoms with Gasteiger partial charge in [-0.1, -0.05) is 11.6 Å². The fourth-order valence-corrected chi connectivity index (χ4v) is 1.25. The average Bonchev–Trinajstić information content (AvgIpc) is 2.20. The van der Waals surface area contributed by atoms with Gasteiger partial charge in [-0.3, -0.25) is 0 Å². The number of aliphatic hydroxyl groups excluding tert-OH is 2. The summed E-state index contributed by atoms with van der Waals surface area (Å²) in [4.78, 5) is 3.30. The van der Waals surface area contributed by atoms with Gasteiger partial charge in [0.2, 0.25) is 5.95 Å². The van der Waals surface area contributed by atoms with E-state index >= 15 is 0 Å². The lowest BCUT2D eigenvalue weighted by Gasteiger charge is -2.15. The lowest BCUT2D eigenvalue weighted by Crippen LogP contribution is -2.19. The van der Waals surface area contributed by atoms with Gasteiger partial charge in [0.1, 0.15) is 6.10 Å². The Labute approximate surface area is 90.1 Å². The minimum absolute atomic E-state index is 0.129. The largest absolute Gasteiger partial charge is 0.389 e. The molecule has 0 saturated carbocycles. The number of nitrogens with zero attached hydrogens (tertiary/aromatic N) is 1. The Morgan fingerprint density at radius 2 is 2.14 bits per heavy atom. The molecule has 0 spiro atoms. The molecular formula is C8H8Cl2FNO2. The predicted octanol–water partition coefficient (Wildman–Crippen LogP) is 1.51. The Morgan fingerprint density at radius 3 is 2.64 bits per heavy atom. The van der Waals surface area contributed by atoms with Gasteiger partial charge in [0.05, 0.1) is 17.0 Å². The third-order valence-electron chi connectivity index (χ3n) is 1.68. The molecule has 0 aromatic carbocycles. The molecule has 6 heteroatoms. The Morgan fingerprint density at radius 1 is 1.50 bits per heavy atom. The van der Waals surface area contributed by atoms with Crippen molar-refractivity contribution in [3.8, 4) is 0 Å². The van der Waals surface area contributed by atoms with Crippen molar-refractivity contribution in [1.29, 1.82) is 0 Å². The highest BCUT2D eigenvalue weighted by Gasteiger charge is 2.18. The summed E-state index contributed by atoms with van der Waals surface area (Å²) in [7, 11) is 0. The average molecular weight is 240 g/mol. The van der Waals surface area contributed by atoms with Gasteiger partial charge in [-0.15, -0.1) is 11.6 Å². The van der Waals surface area contributed by atoms with Gasteiger partial charge in [0, 0.05) is 11.8 Å². The Hall–Kier alpha value is -0.420. The van der Waals surface area contributed by atoms with Crippen LogP contribution in [0.25, 0.3) is 0 Å². The molecule has 0 saturated heterocycles. The maximum absolute atomic E-state index is 12.6. The molecule has 0 aliphatic heterocycles. The van der Waals surface area contributed by atoms with Gasteiger partial charge in [-0.2, -0.15) is 4.39 Å². The first-order valence-electron chi connectivity index (χ1n) is 3.79. The van der Waals surface area contributed by atoms with E-state index in [1.807, 2.05) is 0 Å². The third-order valence-corrected chi connectivity index (χ3v) is 2.26. The smallest absolute Gasteiger partial charge is 0.231 e. The van der Waals surface area contributed by atoms with Crippen LogP contribution in [0.3, 0.4) is 0 Å². The minimum atomic E-state index is -1.21. The fraction of sp³-hybridized carbons (Fsp3) is 0.375. The van der Waals surface area contributed by atoms with E-state index in [-0.39, 0.29) is 16.5 Å². The number of aliphatic hydroxyl groups is 2. The number of hydrogen-bond donors (Lipinski definition) is 2. The second kappa shape index (κ2) is 4.89. The summed E-state index contributed by atoms with van der Waals surface area (Å²) in [5, 5.41) is 18.4. The number of alkyl halides is 1. The lowest BCUT2D eigenvalue weighted by molar-refractivity contribution is 0.0324. The van der Waals surface area contributed by atoms with Crippen LogP contribution in [-0.4, -0.2) is 27.2 Å². The van der Waals surface area contributed by atoms with E-state index < -0.39 is 18.2 Å². The predicted molar refractivity (Wildman–Crippen MR) is 50.9 cm³/mol. The number of rotatable bonds is 3. The summed E-state index contributed by atoms with van der Waals surface area (Å²) in [6.45, 7) is 0. The number of pyridine rings is 1. The molecule has 0 aliphatic carbocycles. The third kappa shape index (κ3) is 2.54. The van der Waals surface area contributed by atoms with Crippen molar-refractivity contribution < 1.29 is 14.6 Å². The summed E-state index contributed by atoms with van der Waals surface area (Å²) in [5.74, 6) is -0.945. The molecule has 3 nitrogen and oxygen atoms in total. The minimum Gasteiger partial charge on any atom is -0.389 e. The SMILES string of the molecule is OC(CCl)C(O)c1cnc(F)c(Cl)c1. The molecule has 1 rings (SSSR count). The van der Waals surface area contributed by atoms with Gasteiger partial charge in [-0.05, 0) is 6.07 Å². The van der Waals surface area contributed by atoms with Crippen LogP contribution in [0, 0.1) is 5.95 Å². The van der Waals surface area contributed by atoms with Crippen LogP contribution in [0.4, 0.5) is 4.39 Å². The van der Waals surface area contributed by atoms with Crippen molar-refractivity contribution in [2.75, 3.05) is 5.88 Å². The first kappa shape index (κ1) is 11.7. The van der Waals surface area contributed by atoms with E-state index in [1.165, 1.54) is 6.07 Å². The van der Waals surface area contributed by atoms with Crippen LogP contribution in [-0.2, 0) is 0 Å². The second-order valence-corrected chi connectivity index (χ2v) is 3.42. The number of halogens is 3. The van der Waals surface area contributed by atoms with E-state index in [9.17, 15) is 14.6 Å². The van der Waals surface area contributed by atoms with Gasteiger partial charge in [0.15, 0.2) is 0 Å². The summed E-state index contributed by atoms with van der Waals surface area (Å²) >= 11 is 10.8. The Kier molecular flexibility index (Phi) is 4.07. The zero-order chi connectivity index (χ0) is 10.7. The van der Waals surface area contributed by atoms with Crippen LogP contribution in [0.15, 0.2) is 12.3 Å².